The minimum absolute atomic E-state index is 0.0779. The molecule has 1 aliphatic rings. The Hall–Kier alpha value is -2.43. The number of carbonyl (C=O) groups excluding carboxylic acids is 1. The molecule has 2 aromatic rings. The Kier molecular flexibility index (Phi) is 4.86. The first-order valence-electron chi connectivity index (χ1n) is 8.16. The Morgan fingerprint density at radius 3 is 2.39 bits per heavy atom. The van der Waals surface area contributed by atoms with Gasteiger partial charge < -0.3 is 10.2 Å². The summed E-state index contributed by atoms with van der Waals surface area (Å²) in [6.07, 6.45) is 9.00. The number of para-hydroxylation sites is 1. The lowest BCUT2D eigenvalue weighted by Gasteiger charge is -2.22. The molecule has 1 amide bonds. The largest absolute Gasteiger partial charge is 0.349 e. The SMILES string of the molecule is CN(c1ccccc1)c1ncc(C(=O)NC2CCCCC2)cn1. The van der Waals surface area contributed by atoms with Gasteiger partial charge in [0.15, 0.2) is 0 Å². The molecule has 23 heavy (non-hydrogen) atoms. The predicted octanol–water partition coefficient (Wildman–Crippen LogP) is 3.31. The first-order chi connectivity index (χ1) is 11.2. The van der Waals surface area contributed by atoms with Crippen LogP contribution in [0, 0.1) is 0 Å². The molecule has 120 valence electrons. The van der Waals surface area contributed by atoms with E-state index in [1.807, 2.05) is 42.3 Å². The summed E-state index contributed by atoms with van der Waals surface area (Å²) in [5.41, 5.74) is 1.52. The molecule has 1 aliphatic carbocycles. The lowest BCUT2D eigenvalue weighted by Crippen LogP contribution is -2.36. The second kappa shape index (κ2) is 7.22. The molecule has 1 heterocycles. The summed E-state index contributed by atoms with van der Waals surface area (Å²) >= 11 is 0. The normalized spacial score (nSPS) is 15.2. The molecule has 1 N–H and O–H groups in total. The maximum Gasteiger partial charge on any atom is 0.254 e. The molecule has 5 nitrogen and oxygen atoms in total. The molecular weight excluding hydrogens is 288 g/mol. The summed E-state index contributed by atoms with van der Waals surface area (Å²) in [4.78, 5) is 22.8. The maximum atomic E-state index is 12.3. The Bertz CT molecular complexity index is 636. The zero-order valence-electron chi connectivity index (χ0n) is 13.4. The van der Waals surface area contributed by atoms with Gasteiger partial charge in [-0.15, -0.1) is 0 Å². The number of rotatable bonds is 4. The highest BCUT2D eigenvalue weighted by molar-refractivity contribution is 5.93. The van der Waals surface area contributed by atoms with E-state index in [2.05, 4.69) is 15.3 Å². The van der Waals surface area contributed by atoms with E-state index in [1.165, 1.54) is 19.3 Å². The van der Waals surface area contributed by atoms with E-state index in [0.29, 0.717) is 17.6 Å². The van der Waals surface area contributed by atoms with Gasteiger partial charge in [-0.3, -0.25) is 4.79 Å². The van der Waals surface area contributed by atoms with E-state index in [-0.39, 0.29) is 5.91 Å². The third-order valence-electron chi connectivity index (χ3n) is 4.28. The van der Waals surface area contributed by atoms with Crippen LogP contribution in [0.3, 0.4) is 0 Å². The van der Waals surface area contributed by atoms with E-state index in [4.69, 9.17) is 0 Å². The summed E-state index contributed by atoms with van der Waals surface area (Å²) in [6.45, 7) is 0. The van der Waals surface area contributed by atoms with Crippen molar-refractivity contribution in [2.75, 3.05) is 11.9 Å². The third-order valence-corrected chi connectivity index (χ3v) is 4.28. The van der Waals surface area contributed by atoms with Crippen LogP contribution in [-0.4, -0.2) is 29.0 Å². The molecule has 0 saturated heterocycles. The van der Waals surface area contributed by atoms with Crippen molar-refractivity contribution < 1.29 is 4.79 Å². The monoisotopic (exact) mass is 310 g/mol. The van der Waals surface area contributed by atoms with Crippen LogP contribution in [0.15, 0.2) is 42.7 Å². The van der Waals surface area contributed by atoms with Gasteiger partial charge in [0.1, 0.15) is 0 Å². The van der Waals surface area contributed by atoms with Crippen molar-refractivity contribution in [3.63, 3.8) is 0 Å². The fourth-order valence-corrected chi connectivity index (χ4v) is 2.89. The van der Waals surface area contributed by atoms with Gasteiger partial charge in [-0.25, -0.2) is 9.97 Å². The highest BCUT2D eigenvalue weighted by Crippen LogP contribution is 2.20. The van der Waals surface area contributed by atoms with Crippen LogP contribution < -0.4 is 10.2 Å². The number of nitrogens with one attached hydrogen (secondary N) is 1. The minimum atomic E-state index is -0.0779. The molecule has 1 aromatic heterocycles. The molecule has 0 bridgehead atoms. The number of benzene rings is 1. The zero-order chi connectivity index (χ0) is 16.1. The smallest absolute Gasteiger partial charge is 0.254 e. The van der Waals surface area contributed by atoms with Crippen LogP contribution >= 0.6 is 0 Å². The van der Waals surface area contributed by atoms with Crippen LogP contribution in [0.2, 0.25) is 0 Å². The van der Waals surface area contributed by atoms with E-state index < -0.39 is 0 Å². The number of nitrogens with zero attached hydrogens (tertiary/aromatic N) is 3. The Labute approximate surface area is 136 Å². The number of carbonyl (C=O) groups is 1. The molecule has 5 heteroatoms. The lowest BCUT2D eigenvalue weighted by molar-refractivity contribution is 0.0927. The highest BCUT2D eigenvalue weighted by Gasteiger charge is 2.17. The summed E-state index contributed by atoms with van der Waals surface area (Å²) in [5.74, 6) is 0.497. The number of hydrogen-bond donors (Lipinski definition) is 1. The first kappa shape index (κ1) is 15.5. The summed E-state index contributed by atoms with van der Waals surface area (Å²) < 4.78 is 0. The van der Waals surface area contributed by atoms with Crippen molar-refractivity contribution in [2.24, 2.45) is 0 Å². The molecule has 1 aromatic carbocycles. The van der Waals surface area contributed by atoms with Gasteiger partial charge in [0, 0.05) is 31.2 Å². The minimum Gasteiger partial charge on any atom is -0.349 e. The Balaban J connectivity index is 1.65. The molecule has 0 radical (unpaired) electrons. The van der Waals surface area contributed by atoms with Crippen LogP contribution in [-0.2, 0) is 0 Å². The van der Waals surface area contributed by atoms with Crippen molar-refractivity contribution in [1.29, 1.82) is 0 Å². The maximum absolute atomic E-state index is 12.3. The zero-order valence-corrected chi connectivity index (χ0v) is 13.4. The molecular formula is C18H22N4O. The first-order valence-corrected chi connectivity index (χ1v) is 8.16. The van der Waals surface area contributed by atoms with Crippen LogP contribution in [0.4, 0.5) is 11.6 Å². The number of anilines is 2. The number of aromatic nitrogens is 2. The molecule has 0 aliphatic heterocycles. The molecule has 0 atom stereocenters. The number of amides is 1. The van der Waals surface area contributed by atoms with Crippen molar-refractivity contribution in [1.82, 2.24) is 15.3 Å². The lowest BCUT2D eigenvalue weighted by atomic mass is 9.95. The fraction of sp³-hybridized carbons (Fsp3) is 0.389. The van der Waals surface area contributed by atoms with Gasteiger partial charge in [-0.2, -0.15) is 0 Å². The van der Waals surface area contributed by atoms with Crippen molar-refractivity contribution in [3.05, 3.63) is 48.3 Å². The summed E-state index contributed by atoms with van der Waals surface area (Å²) in [7, 11) is 1.91. The molecule has 0 spiro atoms. The van der Waals surface area contributed by atoms with E-state index in [1.54, 1.807) is 12.4 Å². The third kappa shape index (κ3) is 3.86. The van der Waals surface area contributed by atoms with E-state index in [0.717, 1.165) is 18.5 Å². The van der Waals surface area contributed by atoms with Gasteiger partial charge in [0.05, 0.1) is 5.56 Å². The van der Waals surface area contributed by atoms with Crippen LogP contribution in [0.25, 0.3) is 0 Å². The second-order valence-electron chi connectivity index (χ2n) is 5.97. The van der Waals surface area contributed by atoms with Crippen molar-refractivity contribution >= 4 is 17.5 Å². The van der Waals surface area contributed by atoms with Crippen molar-refractivity contribution in [2.45, 2.75) is 38.1 Å². The van der Waals surface area contributed by atoms with Gasteiger partial charge in [0.25, 0.3) is 5.91 Å². The topological polar surface area (TPSA) is 58.1 Å². The second-order valence-corrected chi connectivity index (χ2v) is 5.97. The standard InChI is InChI=1S/C18H22N4O/c1-22(16-10-6-3-7-11-16)18-19-12-14(13-20-18)17(23)21-15-8-4-2-5-9-15/h3,6-7,10-13,15H,2,4-5,8-9H2,1H3,(H,21,23). The van der Waals surface area contributed by atoms with Gasteiger partial charge in [-0.1, -0.05) is 37.5 Å². The van der Waals surface area contributed by atoms with E-state index >= 15 is 0 Å². The average Bonchev–Trinajstić information content (AvgIpc) is 2.63. The highest BCUT2D eigenvalue weighted by atomic mass is 16.1. The Morgan fingerprint density at radius 1 is 1.09 bits per heavy atom. The average molecular weight is 310 g/mol. The van der Waals surface area contributed by atoms with E-state index in [9.17, 15) is 4.79 Å². The van der Waals surface area contributed by atoms with Gasteiger partial charge >= 0.3 is 0 Å². The van der Waals surface area contributed by atoms with Crippen molar-refractivity contribution in [3.8, 4) is 0 Å². The molecule has 1 fully saturated rings. The summed E-state index contributed by atoms with van der Waals surface area (Å²) in [6, 6.07) is 10.2. The molecule has 3 rings (SSSR count). The number of hydrogen-bond acceptors (Lipinski definition) is 4. The molecule has 0 unspecified atom stereocenters. The predicted molar refractivity (Wildman–Crippen MR) is 90.9 cm³/mol. The Morgan fingerprint density at radius 2 is 1.74 bits per heavy atom. The summed E-state index contributed by atoms with van der Waals surface area (Å²) in [5, 5.41) is 3.08. The van der Waals surface area contributed by atoms with Crippen LogP contribution in [0.5, 0.6) is 0 Å². The van der Waals surface area contributed by atoms with Gasteiger partial charge in [-0.05, 0) is 25.0 Å². The fourth-order valence-electron chi connectivity index (χ4n) is 2.89. The quantitative estimate of drug-likeness (QED) is 0.941. The molecule has 1 saturated carbocycles. The van der Waals surface area contributed by atoms with Crippen LogP contribution in [0.1, 0.15) is 42.5 Å². The van der Waals surface area contributed by atoms with Gasteiger partial charge in [0.2, 0.25) is 5.95 Å².